The third kappa shape index (κ3) is 3.04. The molecule has 0 bridgehead atoms. The lowest BCUT2D eigenvalue weighted by Crippen LogP contribution is -2.21. The van der Waals surface area contributed by atoms with Crippen molar-refractivity contribution in [3.63, 3.8) is 0 Å². The molecule has 2 aromatic rings. The molecule has 0 radical (unpaired) electrons. The van der Waals surface area contributed by atoms with Gasteiger partial charge in [-0.15, -0.1) is 0 Å². The molecule has 0 aliphatic carbocycles. The van der Waals surface area contributed by atoms with Crippen molar-refractivity contribution in [2.75, 3.05) is 6.79 Å². The largest absolute Gasteiger partial charge is 0.493 e. The zero-order valence-electron chi connectivity index (χ0n) is 12.1. The van der Waals surface area contributed by atoms with Crippen LogP contribution >= 0.6 is 11.8 Å². The molecular weight excluding hydrogens is 304 g/mol. The average molecular weight is 320 g/mol. The number of fused-ring (bicyclic) bond motifs is 1. The highest BCUT2D eigenvalue weighted by molar-refractivity contribution is 7.98. The molecule has 116 valence electrons. The fourth-order valence-corrected chi connectivity index (χ4v) is 3.16. The number of hydrogen-bond acceptors (Lipinski definition) is 6. The SMILES string of the molecule is CCCn1c(SCc2ccc3c(c2)OCO3)nc(O)cc1=O. The lowest BCUT2D eigenvalue weighted by atomic mass is 10.2. The smallest absolute Gasteiger partial charge is 0.257 e. The molecule has 1 N–H and O–H groups in total. The maximum Gasteiger partial charge on any atom is 0.257 e. The van der Waals surface area contributed by atoms with Crippen LogP contribution in [0.25, 0.3) is 0 Å². The van der Waals surface area contributed by atoms with E-state index < -0.39 is 0 Å². The second kappa shape index (κ2) is 6.31. The van der Waals surface area contributed by atoms with Gasteiger partial charge in [-0.25, -0.2) is 0 Å². The van der Waals surface area contributed by atoms with E-state index in [4.69, 9.17) is 9.47 Å². The summed E-state index contributed by atoms with van der Waals surface area (Å²) in [5.74, 6) is 1.85. The predicted octanol–water partition coefficient (Wildman–Crippen LogP) is 2.38. The monoisotopic (exact) mass is 320 g/mol. The number of aromatic hydroxyl groups is 1. The Labute approximate surface area is 131 Å². The Bertz CT molecular complexity index is 745. The molecule has 0 saturated carbocycles. The van der Waals surface area contributed by atoms with Gasteiger partial charge in [-0.2, -0.15) is 4.98 Å². The highest BCUT2D eigenvalue weighted by atomic mass is 32.2. The summed E-state index contributed by atoms with van der Waals surface area (Å²) in [7, 11) is 0. The van der Waals surface area contributed by atoms with E-state index in [1.807, 2.05) is 25.1 Å². The minimum atomic E-state index is -0.245. The zero-order chi connectivity index (χ0) is 15.5. The van der Waals surface area contributed by atoms with Crippen LogP contribution in [0.4, 0.5) is 0 Å². The molecule has 1 aliphatic rings. The molecule has 0 atom stereocenters. The van der Waals surface area contributed by atoms with Gasteiger partial charge in [0.1, 0.15) is 0 Å². The van der Waals surface area contributed by atoms with Crippen molar-refractivity contribution in [3.05, 3.63) is 40.2 Å². The van der Waals surface area contributed by atoms with Crippen molar-refractivity contribution in [1.82, 2.24) is 9.55 Å². The Hall–Kier alpha value is -2.15. The third-order valence-electron chi connectivity index (χ3n) is 3.21. The maximum absolute atomic E-state index is 11.9. The summed E-state index contributed by atoms with van der Waals surface area (Å²) in [6, 6.07) is 6.87. The van der Waals surface area contributed by atoms with Gasteiger partial charge in [-0.1, -0.05) is 24.8 Å². The minimum Gasteiger partial charge on any atom is -0.493 e. The number of rotatable bonds is 5. The van der Waals surface area contributed by atoms with Crippen LogP contribution in [0.5, 0.6) is 17.4 Å². The van der Waals surface area contributed by atoms with Crippen molar-refractivity contribution in [2.24, 2.45) is 0 Å². The van der Waals surface area contributed by atoms with Crippen molar-refractivity contribution in [3.8, 4) is 17.4 Å². The molecule has 1 aliphatic heterocycles. The van der Waals surface area contributed by atoms with Gasteiger partial charge in [-0.3, -0.25) is 9.36 Å². The van der Waals surface area contributed by atoms with Gasteiger partial charge < -0.3 is 14.6 Å². The Morgan fingerprint density at radius 3 is 2.95 bits per heavy atom. The normalized spacial score (nSPS) is 12.6. The number of nitrogens with zero attached hydrogens (tertiary/aromatic N) is 2. The van der Waals surface area contributed by atoms with Gasteiger partial charge in [-0.05, 0) is 24.1 Å². The summed E-state index contributed by atoms with van der Waals surface area (Å²) < 4.78 is 12.2. The molecule has 0 fully saturated rings. The van der Waals surface area contributed by atoms with Crippen LogP contribution in [-0.4, -0.2) is 21.5 Å². The van der Waals surface area contributed by atoms with Crippen molar-refractivity contribution in [1.29, 1.82) is 0 Å². The van der Waals surface area contributed by atoms with Crippen LogP contribution in [0.2, 0.25) is 0 Å². The quantitative estimate of drug-likeness (QED) is 0.673. The van der Waals surface area contributed by atoms with Crippen LogP contribution in [0.3, 0.4) is 0 Å². The van der Waals surface area contributed by atoms with Crippen LogP contribution < -0.4 is 15.0 Å². The Kier molecular flexibility index (Phi) is 4.24. The van der Waals surface area contributed by atoms with Gasteiger partial charge in [0.15, 0.2) is 16.7 Å². The fraction of sp³-hybridized carbons (Fsp3) is 0.333. The van der Waals surface area contributed by atoms with Gasteiger partial charge in [0.2, 0.25) is 12.7 Å². The van der Waals surface area contributed by atoms with E-state index in [0.29, 0.717) is 17.5 Å². The first kappa shape index (κ1) is 14.8. The number of aromatic nitrogens is 2. The molecule has 0 unspecified atom stereocenters. The number of hydrogen-bond donors (Lipinski definition) is 1. The molecule has 1 aromatic carbocycles. The van der Waals surface area contributed by atoms with E-state index in [1.165, 1.54) is 11.8 Å². The molecule has 6 nitrogen and oxygen atoms in total. The minimum absolute atomic E-state index is 0.234. The molecule has 2 heterocycles. The highest BCUT2D eigenvalue weighted by Crippen LogP contribution is 2.34. The van der Waals surface area contributed by atoms with Gasteiger partial charge in [0, 0.05) is 12.3 Å². The Morgan fingerprint density at radius 1 is 1.32 bits per heavy atom. The molecular formula is C15H16N2O4S. The van der Waals surface area contributed by atoms with E-state index in [-0.39, 0.29) is 18.2 Å². The van der Waals surface area contributed by atoms with Crippen molar-refractivity contribution >= 4 is 11.8 Å². The van der Waals surface area contributed by atoms with E-state index in [9.17, 15) is 9.90 Å². The zero-order valence-corrected chi connectivity index (χ0v) is 12.9. The first-order chi connectivity index (χ1) is 10.7. The van der Waals surface area contributed by atoms with Crippen LogP contribution in [0.15, 0.2) is 34.2 Å². The maximum atomic E-state index is 11.9. The summed E-state index contributed by atoms with van der Waals surface area (Å²) in [6.07, 6.45) is 0.823. The molecule has 3 rings (SSSR count). The molecule has 7 heteroatoms. The van der Waals surface area contributed by atoms with E-state index in [1.54, 1.807) is 4.57 Å². The van der Waals surface area contributed by atoms with E-state index in [0.717, 1.165) is 29.5 Å². The van der Waals surface area contributed by atoms with Crippen LogP contribution in [0.1, 0.15) is 18.9 Å². The first-order valence-electron chi connectivity index (χ1n) is 6.99. The molecule has 1 aromatic heterocycles. The van der Waals surface area contributed by atoms with Crippen molar-refractivity contribution in [2.45, 2.75) is 30.8 Å². The van der Waals surface area contributed by atoms with Crippen LogP contribution in [0, 0.1) is 0 Å². The summed E-state index contributed by atoms with van der Waals surface area (Å²) in [4.78, 5) is 16.0. The molecule has 0 amide bonds. The summed E-state index contributed by atoms with van der Waals surface area (Å²) in [5, 5.41) is 10.1. The second-order valence-corrected chi connectivity index (χ2v) is 5.81. The highest BCUT2D eigenvalue weighted by Gasteiger charge is 2.14. The van der Waals surface area contributed by atoms with Crippen LogP contribution in [-0.2, 0) is 12.3 Å². The van der Waals surface area contributed by atoms with Gasteiger partial charge in [0.05, 0.1) is 6.07 Å². The number of ether oxygens (including phenoxy) is 2. The Morgan fingerprint density at radius 2 is 2.14 bits per heavy atom. The lowest BCUT2D eigenvalue weighted by molar-refractivity contribution is 0.174. The Balaban J connectivity index is 1.80. The lowest BCUT2D eigenvalue weighted by Gasteiger charge is -2.10. The molecule has 22 heavy (non-hydrogen) atoms. The third-order valence-corrected chi connectivity index (χ3v) is 4.26. The average Bonchev–Trinajstić information content (AvgIpc) is 2.95. The summed E-state index contributed by atoms with van der Waals surface area (Å²) >= 11 is 1.41. The number of benzene rings is 1. The first-order valence-corrected chi connectivity index (χ1v) is 7.98. The summed E-state index contributed by atoms with van der Waals surface area (Å²) in [6.45, 7) is 2.82. The number of thioether (sulfide) groups is 1. The van der Waals surface area contributed by atoms with Gasteiger partial charge in [0.25, 0.3) is 5.56 Å². The van der Waals surface area contributed by atoms with E-state index in [2.05, 4.69) is 4.98 Å². The molecule has 0 spiro atoms. The van der Waals surface area contributed by atoms with Gasteiger partial charge >= 0.3 is 0 Å². The van der Waals surface area contributed by atoms with Crippen molar-refractivity contribution < 1.29 is 14.6 Å². The van der Waals surface area contributed by atoms with E-state index >= 15 is 0 Å². The topological polar surface area (TPSA) is 73.6 Å². The molecule has 0 saturated heterocycles. The fourth-order valence-electron chi connectivity index (χ4n) is 2.19. The standard InChI is InChI=1S/C15H16N2O4S/c1-2-5-17-14(19)7-13(18)16-15(17)22-8-10-3-4-11-12(6-10)21-9-20-11/h3-4,6-7,18H,2,5,8-9H2,1H3. The summed E-state index contributed by atoms with van der Waals surface area (Å²) in [5.41, 5.74) is 0.803. The second-order valence-electron chi connectivity index (χ2n) is 4.86. The predicted molar refractivity (Wildman–Crippen MR) is 82.6 cm³/mol.